The summed E-state index contributed by atoms with van der Waals surface area (Å²) in [4.78, 5) is 22.5. The number of piperidine rings is 1. The van der Waals surface area contributed by atoms with Crippen molar-refractivity contribution in [3.63, 3.8) is 0 Å². The van der Waals surface area contributed by atoms with Crippen LogP contribution in [0.2, 0.25) is 0 Å². The van der Waals surface area contributed by atoms with E-state index in [9.17, 15) is 4.79 Å². The standard InChI is InChI=1S/C25H40N4O2/c1-21(2)27-13-15-28(16-14-27)24-5-3-23(4-6-24)25(30)29-11-8-22(9-12-29)7-10-26-17-19-31-20-18-26/h3-6,21-22H,7-20H2,1-2H3. The largest absolute Gasteiger partial charge is 0.379 e. The molecule has 3 saturated heterocycles. The number of rotatable bonds is 6. The average molecular weight is 429 g/mol. The molecular formula is C25H40N4O2. The van der Waals surface area contributed by atoms with Crippen LogP contribution < -0.4 is 4.90 Å². The van der Waals surface area contributed by atoms with Gasteiger partial charge in [-0.3, -0.25) is 14.6 Å². The van der Waals surface area contributed by atoms with E-state index >= 15 is 0 Å². The van der Waals surface area contributed by atoms with E-state index in [0.717, 1.165) is 89.9 Å². The van der Waals surface area contributed by atoms with Gasteiger partial charge in [0.25, 0.3) is 5.91 Å². The highest BCUT2D eigenvalue weighted by Gasteiger charge is 2.25. The number of anilines is 1. The highest BCUT2D eigenvalue weighted by atomic mass is 16.5. The molecule has 3 aliphatic rings. The number of benzene rings is 1. The third kappa shape index (κ3) is 5.99. The fourth-order valence-corrected chi connectivity index (χ4v) is 5.11. The first kappa shape index (κ1) is 22.6. The number of amides is 1. The van der Waals surface area contributed by atoms with Crippen molar-refractivity contribution >= 4 is 11.6 Å². The lowest BCUT2D eigenvalue weighted by atomic mass is 9.93. The van der Waals surface area contributed by atoms with Gasteiger partial charge in [0, 0.05) is 69.7 Å². The number of nitrogens with zero attached hydrogens (tertiary/aromatic N) is 4. The molecule has 0 aromatic heterocycles. The summed E-state index contributed by atoms with van der Waals surface area (Å²) in [5.74, 6) is 0.946. The highest BCUT2D eigenvalue weighted by molar-refractivity contribution is 5.94. The smallest absolute Gasteiger partial charge is 0.253 e. The van der Waals surface area contributed by atoms with Crippen molar-refractivity contribution in [3.8, 4) is 0 Å². The summed E-state index contributed by atoms with van der Waals surface area (Å²) in [7, 11) is 0. The van der Waals surface area contributed by atoms with Crippen molar-refractivity contribution in [2.75, 3.05) is 77.0 Å². The van der Waals surface area contributed by atoms with Gasteiger partial charge < -0.3 is 14.5 Å². The number of ether oxygens (including phenoxy) is 1. The Morgan fingerprint density at radius 3 is 2.19 bits per heavy atom. The molecule has 31 heavy (non-hydrogen) atoms. The molecule has 1 aromatic rings. The fourth-order valence-electron chi connectivity index (χ4n) is 5.11. The third-order valence-electron chi connectivity index (χ3n) is 7.38. The molecule has 6 heteroatoms. The maximum Gasteiger partial charge on any atom is 0.253 e. The summed E-state index contributed by atoms with van der Waals surface area (Å²) in [5.41, 5.74) is 2.07. The van der Waals surface area contributed by atoms with Crippen molar-refractivity contribution in [3.05, 3.63) is 29.8 Å². The monoisotopic (exact) mass is 428 g/mol. The summed E-state index contributed by atoms with van der Waals surface area (Å²) in [6, 6.07) is 8.93. The molecule has 3 aliphatic heterocycles. The second kappa shape index (κ2) is 10.8. The molecule has 1 aromatic carbocycles. The molecule has 0 saturated carbocycles. The van der Waals surface area contributed by atoms with Gasteiger partial charge in [0.2, 0.25) is 0 Å². The quantitative estimate of drug-likeness (QED) is 0.697. The average Bonchev–Trinajstić information content (AvgIpc) is 2.83. The molecule has 172 valence electrons. The Bertz CT molecular complexity index is 686. The number of likely N-dealkylation sites (tertiary alicyclic amines) is 1. The molecule has 0 radical (unpaired) electrons. The van der Waals surface area contributed by atoms with E-state index in [4.69, 9.17) is 4.74 Å². The lowest BCUT2D eigenvalue weighted by Crippen LogP contribution is -2.48. The number of hydrogen-bond donors (Lipinski definition) is 0. The van der Waals surface area contributed by atoms with Crippen molar-refractivity contribution in [2.45, 2.75) is 39.2 Å². The van der Waals surface area contributed by atoms with E-state index < -0.39 is 0 Å². The second-order valence-electron chi connectivity index (χ2n) is 9.64. The zero-order valence-corrected chi connectivity index (χ0v) is 19.5. The molecule has 0 bridgehead atoms. The molecule has 0 N–H and O–H groups in total. The topological polar surface area (TPSA) is 39.3 Å². The van der Waals surface area contributed by atoms with Crippen LogP contribution in [0.1, 0.15) is 43.5 Å². The zero-order valence-electron chi connectivity index (χ0n) is 19.5. The van der Waals surface area contributed by atoms with E-state index in [1.165, 1.54) is 18.7 Å². The van der Waals surface area contributed by atoms with Gasteiger partial charge in [-0.1, -0.05) is 0 Å². The maximum absolute atomic E-state index is 13.0. The summed E-state index contributed by atoms with van der Waals surface area (Å²) < 4.78 is 5.44. The molecule has 0 aliphatic carbocycles. The van der Waals surface area contributed by atoms with Crippen LogP contribution in [0.3, 0.4) is 0 Å². The fraction of sp³-hybridized carbons (Fsp3) is 0.720. The number of hydrogen-bond acceptors (Lipinski definition) is 5. The molecule has 1 amide bonds. The number of piperazine rings is 1. The van der Waals surface area contributed by atoms with Crippen LogP contribution in [0.25, 0.3) is 0 Å². The predicted octanol–water partition coefficient (Wildman–Crippen LogP) is 2.79. The SMILES string of the molecule is CC(C)N1CCN(c2ccc(C(=O)N3CCC(CCN4CCOCC4)CC3)cc2)CC1. The van der Waals surface area contributed by atoms with Gasteiger partial charge in [0.15, 0.2) is 0 Å². The minimum atomic E-state index is 0.197. The van der Waals surface area contributed by atoms with E-state index in [-0.39, 0.29) is 5.91 Å². The second-order valence-corrected chi connectivity index (χ2v) is 9.64. The van der Waals surface area contributed by atoms with Gasteiger partial charge in [0.1, 0.15) is 0 Å². The molecule has 0 unspecified atom stereocenters. The Balaban J connectivity index is 1.22. The summed E-state index contributed by atoms with van der Waals surface area (Å²) in [5, 5.41) is 0. The molecular weight excluding hydrogens is 388 g/mol. The van der Waals surface area contributed by atoms with E-state index in [1.54, 1.807) is 0 Å². The van der Waals surface area contributed by atoms with E-state index in [1.807, 2.05) is 12.1 Å². The Labute approximate surface area is 188 Å². The van der Waals surface area contributed by atoms with Crippen LogP contribution in [-0.4, -0.2) is 98.8 Å². The van der Waals surface area contributed by atoms with Gasteiger partial charge in [-0.2, -0.15) is 0 Å². The number of morpholine rings is 1. The van der Waals surface area contributed by atoms with Crippen molar-refractivity contribution in [1.29, 1.82) is 0 Å². The van der Waals surface area contributed by atoms with Crippen LogP contribution >= 0.6 is 0 Å². The van der Waals surface area contributed by atoms with E-state index in [0.29, 0.717) is 6.04 Å². The lowest BCUT2D eigenvalue weighted by Gasteiger charge is -2.38. The number of carbonyl (C=O) groups excluding carboxylic acids is 1. The van der Waals surface area contributed by atoms with Crippen LogP contribution in [0.4, 0.5) is 5.69 Å². The van der Waals surface area contributed by atoms with Gasteiger partial charge in [-0.15, -0.1) is 0 Å². The summed E-state index contributed by atoms with van der Waals surface area (Å²) in [6.07, 6.45) is 3.52. The van der Waals surface area contributed by atoms with Gasteiger partial charge in [-0.05, 0) is 69.8 Å². The van der Waals surface area contributed by atoms with Crippen molar-refractivity contribution in [1.82, 2.24) is 14.7 Å². The van der Waals surface area contributed by atoms with Gasteiger partial charge in [-0.25, -0.2) is 0 Å². The van der Waals surface area contributed by atoms with Gasteiger partial charge in [0.05, 0.1) is 13.2 Å². The highest BCUT2D eigenvalue weighted by Crippen LogP contribution is 2.24. The van der Waals surface area contributed by atoms with Crippen molar-refractivity contribution in [2.24, 2.45) is 5.92 Å². The Kier molecular flexibility index (Phi) is 7.86. The van der Waals surface area contributed by atoms with Crippen molar-refractivity contribution < 1.29 is 9.53 Å². The first-order valence-electron chi connectivity index (χ1n) is 12.3. The Hall–Kier alpha value is -1.63. The normalized spacial score (nSPS) is 22.3. The summed E-state index contributed by atoms with van der Waals surface area (Å²) in [6.45, 7) is 15.7. The van der Waals surface area contributed by atoms with Crippen LogP contribution in [0.15, 0.2) is 24.3 Å². The molecule has 3 heterocycles. The molecule has 0 atom stereocenters. The van der Waals surface area contributed by atoms with Gasteiger partial charge >= 0.3 is 0 Å². The first-order chi connectivity index (χ1) is 15.1. The Morgan fingerprint density at radius 1 is 0.935 bits per heavy atom. The zero-order chi connectivity index (χ0) is 21.6. The molecule has 0 spiro atoms. The minimum absolute atomic E-state index is 0.197. The summed E-state index contributed by atoms with van der Waals surface area (Å²) >= 11 is 0. The first-order valence-corrected chi connectivity index (χ1v) is 12.3. The van der Waals surface area contributed by atoms with Crippen LogP contribution in [0, 0.1) is 5.92 Å². The maximum atomic E-state index is 13.0. The van der Waals surface area contributed by atoms with Crippen LogP contribution in [-0.2, 0) is 4.74 Å². The predicted molar refractivity (Wildman–Crippen MR) is 126 cm³/mol. The van der Waals surface area contributed by atoms with Crippen LogP contribution in [0.5, 0.6) is 0 Å². The Morgan fingerprint density at radius 2 is 1.58 bits per heavy atom. The van der Waals surface area contributed by atoms with E-state index in [2.05, 4.69) is 45.6 Å². The minimum Gasteiger partial charge on any atom is -0.379 e. The third-order valence-corrected chi connectivity index (χ3v) is 7.38. The lowest BCUT2D eigenvalue weighted by molar-refractivity contribution is 0.0332. The molecule has 6 nitrogen and oxygen atoms in total. The number of carbonyl (C=O) groups is 1. The molecule has 4 rings (SSSR count). The molecule has 3 fully saturated rings.